The molecular weight excluding hydrogens is 402 g/mol. The average molecular weight is 435 g/mol. The van der Waals surface area contributed by atoms with Gasteiger partial charge in [-0.3, -0.25) is 10.6 Å². The van der Waals surface area contributed by atoms with Gasteiger partial charge in [-0.05, 0) is 41.5 Å². The third-order valence-electron chi connectivity index (χ3n) is 3.60. The van der Waals surface area contributed by atoms with E-state index in [1.54, 1.807) is 41.5 Å². The molecule has 5 atom stereocenters. The van der Waals surface area contributed by atoms with E-state index in [0.29, 0.717) is 0 Å². The lowest BCUT2D eigenvalue weighted by Gasteiger charge is -2.39. The molecule has 12 heteroatoms. The molecule has 1 heterocycles. The third-order valence-corrected chi connectivity index (χ3v) is 3.60. The molecule has 1 rings (SSSR count). The number of carbonyl (C=O) groups is 2. The lowest BCUT2D eigenvalue weighted by atomic mass is 9.97. The van der Waals surface area contributed by atoms with E-state index in [4.69, 9.17) is 18.9 Å². The van der Waals surface area contributed by atoms with E-state index in [0.717, 1.165) is 0 Å². The van der Waals surface area contributed by atoms with Crippen LogP contribution >= 0.6 is 0 Å². The second kappa shape index (κ2) is 10.4. The Balaban J connectivity index is 3.15. The normalized spacial score (nSPS) is 27.1. The Morgan fingerprint density at radius 3 is 1.80 bits per heavy atom. The summed E-state index contributed by atoms with van der Waals surface area (Å²) in [7, 11) is 1.27. The van der Waals surface area contributed by atoms with Crippen LogP contribution in [0.25, 0.3) is 0 Å². The number of nitrogens with one attached hydrogen (secondary N) is 2. The molecule has 0 saturated carbocycles. The molecule has 1 fully saturated rings. The number of rotatable bonds is 3. The average Bonchev–Trinajstić information content (AvgIpc) is 2.55. The number of aliphatic hydroxyl groups excluding tert-OH is 3. The maximum Gasteiger partial charge on any atom is 0.414 e. The van der Waals surface area contributed by atoms with Gasteiger partial charge in [-0.25, -0.2) is 14.6 Å². The molecule has 0 bridgehead atoms. The van der Waals surface area contributed by atoms with Crippen molar-refractivity contribution in [2.75, 3.05) is 13.7 Å². The molecule has 0 aliphatic carbocycles. The Bertz CT molecular complexity index is 593. The van der Waals surface area contributed by atoms with Crippen LogP contribution in [-0.2, 0) is 18.9 Å². The summed E-state index contributed by atoms with van der Waals surface area (Å²) in [6.45, 7) is 9.33. The summed E-state index contributed by atoms with van der Waals surface area (Å²) in [6, 6.07) is -1.26. The molecular formula is C18H33N3O9. The zero-order chi connectivity index (χ0) is 23.3. The van der Waals surface area contributed by atoms with Crippen LogP contribution in [0.15, 0.2) is 4.99 Å². The van der Waals surface area contributed by atoms with Gasteiger partial charge in [-0.15, -0.1) is 0 Å². The zero-order valence-corrected chi connectivity index (χ0v) is 18.3. The molecule has 0 aromatic heterocycles. The van der Waals surface area contributed by atoms with Gasteiger partial charge in [0.1, 0.15) is 35.6 Å². The van der Waals surface area contributed by atoms with Crippen molar-refractivity contribution in [2.24, 2.45) is 4.99 Å². The number of hydrogen-bond donors (Lipinski definition) is 5. The summed E-state index contributed by atoms with van der Waals surface area (Å²) < 4.78 is 20.8. The number of carbonyl (C=O) groups excluding carboxylic acids is 2. The lowest BCUT2D eigenvalue weighted by Crippen LogP contribution is -2.59. The quantitative estimate of drug-likeness (QED) is 0.299. The van der Waals surface area contributed by atoms with Crippen LogP contribution in [0, 0.1) is 0 Å². The Kier molecular flexibility index (Phi) is 8.99. The van der Waals surface area contributed by atoms with E-state index in [2.05, 4.69) is 15.6 Å². The van der Waals surface area contributed by atoms with E-state index >= 15 is 0 Å². The first kappa shape index (κ1) is 26.0. The summed E-state index contributed by atoms with van der Waals surface area (Å²) in [5.74, 6) is -0.414. The van der Waals surface area contributed by atoms with Gasteiger partial charge in [0, 0.05) is 7.11 Å². The monoisotopic (exact) mass is 435 g/mol. The summed E-state index contributed by atoms with van der Waals surface area (Å²) >= 11 is 0. The molecule has 0 aromatic carbocycles. The molecule has 30 heavy (non-hydrogen) atoms. The number of amides is 2. The number of nitrogens with zero attached hydrogens (tertiary/aromatic N) is 1. The maximum absolute atomic E-state index is 12.2. The molecule has 0 aromatic rings. The van der Waals surface area contributed by atoms with Crippen LogP contribution in [0.4, 0.5) is 9.59 Å². The molecule has 0 radical (unpaired) electrons. The molecule has 174 valence electrons. The highest BCUT2D eigenvalue weighted by atomic mass is 16.7. The second-order valence-corrected chi connectivity index (χ2v) is 8.66. The van der Waals surface area contributed by atoms with Gasteiger partial charge < -0.3 is 34.3 Å². The number of guanidine groups is 1. The van der Waals surface area contributed by atoms with Crippen molar-refractivity contribution in [1.29, 1.82) is 0 Å². The summed E-state index contributed by atoms with van der Waals surface area (Å²) in [4.78, 5) is 28.4. The third kappa shape index (κ3) is 8.40. The van der Waals surface area contributed by atoms with E-state index < -0.39 is 66.6 Å². The summed E-state index contributed by atoms with van der Waals surface area (Å²) in [5.41, 5.74) is -1.65. The first-order chi connectivity index (χ1) is 13.7. The van der Waals surface area contributed by atoms with Crippen LogP contribution in [-0.4, -0.2) is 89.0 Å². The molecule has 1 saturated heterocycles. The minimum absolute atomic E-state index is 0.414. The summed E-state index contributed by atoms with van der Waals surface area (Å²) in [6.07, 6.45) is -7.15. The van der Waals surface area contributed by atoms with Gasteiger partial charge in [0.25, 0.3) is 0 Å². The van der Waals surface area contributed by atoms with Crippen LogP contribution in [0.5, 0.6) is 0 Å². The van der Waals surface area contributed by atoms with Gasteiger partial charge in [0.2, 0.25) is 5.96 Å². The predicted molar refractivity (Wildman–Crippen MR) is 105 cm³/mol. The van der Waals surface area contributed by atoms with Gasteiger partial charge in [0.15, 0.2) is 6.29 Å². The van der Waals surface area contributed by atoms with E-state index in [-0.39, 0.29) is 0 Å². The van der Waals surface area contributed by atoms with Crippen molar-refractivity contribution in [3.8, 4) is 0 Å². The summed E-state index contributed by atoms with van der Waals surface area (Å²) in [5, 5.41) is 34.3. The largest absolute Gasteiger partial charge is 0.444 e. The number of methoxy groups -OCH3 is 1. The molecule has 1 aliphatic rings. The van der Waals surface area contributed by atoms with E-state index in [1.807, 2.05) is 0 Å². The van der Waals surface area contributed by atoms with Crippen molar-refractivity contribution < 1.29 is 43.9 Å². The van der Waals surface area contributed by atoms with Gasteiger partial charge in [-0.2, -0.15) is 0 Å². The number of alkyl carbamates (subject to hydrolysis) is 2. The fourth-order valence-electron chi connectivity index (χ4n) is 2.44. The fourth-order valence-corrected chi connectivity index (χ4v) is 2.44. The Morgan fingerprint density at radius 2 is 1.43 bits per heavy atom. The highest BCUT2D eigenvalue weighted by molar-refractivity contribution is 6.01. The maximum atomic E-state index is 12.2. The van der Waals surface area contributed by atoms with Crippen molar-refractivity contribution in [3.05, 3.63) is 0 Å². The lowest BCUT2D eigenvalue weighted by molar-refractivity contribution is -0.257. The molecule has 1 aliphatic heterocycles. The molecule has 4 unspecified atom stereocenters. The van der Waals surface area contributed by atoms with Crippen molar-refractivity contribution in [1.82, 2.24) is 10.6 Å². The highest BCUT2D eigenvalue weighted by Crippen LogP contribution is 2.24. The Morgan fingerprint density at radius 1 is 0.967 bits per heavy atom. The smallest absolute Gasteiger partial charge is 0.414 e. The van der Waals surface area contributed by atoms with Gasteiger partial charge >= 0.3 is 12.2 Å². The molecule has 0 spiro atoms. The fraction of sp³-hybridized carbons (Fsp3) is 0.833. The molecule has 2 amide bonds. The first-order valence-electron chi connectivity index (χ1n) is 9.40. The number of aliphatic hydroxyl groups is 3. The minimum atomic E-state index is -1.53. The Labute approximate surface area is 175 Å². The SMILES string of the molecule is COC1OC(CO)C(O)C(O)[C@@H]1N=C(NC(=O)OC(C)(C)C)NC(=O)OC(C)(C)C. The molecule has 5 N–H and O–H groups in total. The topological polar surface area (TPSA) is 168 Å². The van der Waals surface area contributed by atoms with Crippen LogP contribution in [0.2, 0.25) is 0 Å². The second-order valence-electron chi connectivity index (χ2n) is 8.66. The van der Waals surface area contributed by atoms with Crippen LogP contribution < -0.4 is 10.6 Å². The first-order valence-corrected chi connectivity index (χ1v) is 9.40. The van der Waals surface area contributed by atoms with E-state index in [1.165, 1.54) is 7.11 Å². The van der Waals surface area contributed by atoms with Crippen molar-refractivity contribution >= 4 is 18.1 Å². The minimum Gasteiger partial charge on any atom is -0.444 e. The number of aliphatic imine (C=N–C) groups is 1. The van der Waals surface area contributed by atoms with Gasteiger partial charge in [-0.1, -0.05) is 0 Å². The highest BCUT2D eigenvalue weighted by Gasteiger charge is 2.45. The predicted octanol–water partition coefficient (Wildman–Crippen LogP) is -0.154. The van der Waals surface area contributed by atoms with Crippen molar-refractivity contribution in [2.45, 2.75) is 83.4 Å². The van der Waals surface area contributed by atoms with Crippen LogP contribution in [0.1, 0.15) is 41.5 Å². The number of ether oxygens (including phenoxy) is 4. The van der Waals surface area contributed by atoms with Gasteiger partial charge in [0.05, 0.1) is 6.61 Å². The van der Waals surface area contributed by atoms with E-state index in [9.17, 15) is 24.9 Å². The zero-order valence-electron chi connectivity index (χ0n) is 18.3. The standard InChI is InChI=1S/C18H33N3O9/c1-17(2,3)29-15(25)20-14(21-16(26)30-18(4,5)6)19-10-12(24)11(23)9(8-22)28-13(10)27-7/h9-13,22-24H,8H2,1-7H3,(H2,19,20,21,25,26)/t9?,10-,11?,12?,13?/m0/s1. The molecule has 12 nitrogen and oxygen atoms in total. The van der Waals surface area contributed by atoms with Crippen molar-refractivity contribution in [3.63, 3.8) is 0 Å². The van der Waals surface area contributed by atoms with Crippen LogP contribution in [0.3, 0.4) is 0 Å². The number of hydrogen-bond acceptors (Lipinski definition) is 10. The Hall–Kier alpha value is -1.99.